The number of nitrogens with zero attached hydrogens (tertiary/aromatic N) is 1. The highest BCUT2D eigenvalue weighted by Crippen LogP contribution is 2.21. The van der Waals surface area contributed by atoms with Gasteiger partial charge >= 0.3 is 5.97 Å². The Morgan fingerprint density at radius 2 is 1.96 bits per heavy atom. The minimum Gasteiger partial charge on any atom is -0.480 e. The molecule has 0 saturated heterocycles. The van der Waals surface area contributed by atoms with E-state index in [9.17, 15) is 23.1 Å². The second-order valence-electron chi connectivity index (χ2n) is 5.50. The number of aliphatic carboxylic acids is 1. The molecule has 0 aliphatic heterocycles. The number of sulfonamides is 1. The number of hydrogen-bond donors (Lipinski definition) is 2. The topological polar surface area (TPSA) is 117 Å². The highest BCUT2D eigenvalue weighted by molar-refractivity contribution is 7.88. The van der Waals surface area contributed by atoms with Crippen molar-refractivity contribution in [1.82, 2.24) is 9.62 Å². The highest BCUT2D eigenvalue weighted by atomic mass is 32.2. The van der Waals surface area contributed by atoms with Crippen LogP contribution in [-0.2, 0) is 14.8 Å². The van der Waals surface area contributed by atoms with Gasteiger partial charge in [0.1, 0.15) is 11.8 Å². The lowest BCUT2D eigenvalue weighted by atomic mass is 9.99. The van der Waals surface area contributed by atoms with Crippen LogP contribution in [0, 0.1) is 12.8 Å². The highest BCUT2D eigenvalue weighted by Gasteiger charge is 2.29. The van der Waals surface area contributed by atoms with Crippen LogP contribution in [-0.4, -0.2) is 49.8 Å². The maximum absolute atomic E-state index is 12.3. The first kappa shape index (κ1) is 19.2. The molecular formula is C14H22N2O6S. The molecule has 0 unspecified atom stereocenters. The van der Waals surface area contributed by atoms with Crippen LogP contribution in [0.1, 0.15) is 36.4 Å². The Labute approximate surface area is 135 Å². The Morgan fingerprint density at radius 1 is 1.39 bits per heavy atom. The fourth-order valence-electron chi connectivity index (χ4n) is 1.89. The van der Waals surface area contributed by atoms with Gasteiger partial charge in [0.15, 0.2) is 0 Å². The lowest BCUT2D eigenvalue weighted by Gasteiger charge is -2.19. The lowest BCUT2D eigenvalue weighted by molar-refractivity contribution is -0.140. The van der Waals surface area contributed by atoms with E-state index in [0.29, 0.717) is 6.42 Å². The van der Waals surface area contributed by atoms with Crippen molar-refractivity contribution in [1.29, 1.82) is 0 Å². The minimum atomic E-state index is -3.81. The SMILES string of the molecule is CC[C@H](C)[C@H](NC(=O)c1cc(S(=O)(=O)N(C)C)oc1C)C(=O)O. The number of carbonyl (C=O) groups is 2. The maximum Gasteiger partial charge on any atom is 0.326 e. The molecule has 23 heavy (non-hydrogen) atoms. The number of carboxylic acid groups (broad SMARTS) is 1. The van der Waals surface area contributed by atoms with Gasteiger partial charge in [-0.15, -0.1) is 0 Å². The summed E-state index contributed by atoms with van der Waals surface area (Å²) in [7, 11) is -1.12. The normalized spacial score (nSPS) is 14.5. The number of furan rings is 1. The van der Waals surface area contributed by atoms with E-state index in [-0.39, 0.29) is 22.3 Å². The zero-order chi connectivity index (χ0) is 17.9. The van der Waals surface area contributed by atoms with E-state index in [0.717, 1.165) is 10.4 Å². The molecule has 0 saturated carbocycles. The zero-order valence-electron chi connectivity index (χ0n) is 13.8. The van der Waals surface area contributed by atoms with Gasteiger partial charge in [-0.1, -0.05) is 20.3 Å². The third-order valence-corrected chi connectivity index (χ3v) is 5.31. The number of rotatable bonds is 7. The number of amides is 1. The first-order valence-corrected chi connectivity index (χ1v) is 8.53. The number of carbonyl (C=O) groups excluding carboxylic acids is 1. The molecule has 2 N–H and O–H groups in total. The maximum atomic E-state index is 12.3. The van der Waals surface area contributed by atoms with E-state index >= 15 is 0 Å². The molecule has 0 spiro atoms. The standard InChI is InChI=1S/C14H22N2O6S/c1-6-8(2)12(14(18)19)15-13(17)10-7-11(22-9(10)3)23(20,21)16(4)5/h7-8,12H,6H2,1-5H3,(H,15,17)(H,18,19)/t8-,12-/m0/s1. The van der Waals surface area contributed by atoms with Gasteiger partial charge in [0.2, 0.25) is 5.09 Å². The number of aryl methyl sites for hydroxylation is 1. The van der Waals surface area contributed by atoms with E-state index in [4.69, 9.17) is 4.42 Å². The molecule has 9 heteroatoms. The summed E-state index contributed by atoms with van der Waals surface area (Å²) < 4.78 is 30.1. The second kappa shape index (κ2) is 7.14. The van der Waals surface area contributed by atoms with Crippen LogP contribution in [0.5, 0.6) is 0 Å². The molecule has 1 amide bonds. The second-order valence-corrected chi connectivity index (χ2v) is 7.58. The molecule has 130 valence electrons. The van der Waals surface area contributed by atoms with Gasteiger partial charge in [-0.3, -0.25) is 4.79 Å². The van der Waals surface area contributed by atoms with Gasteiger partial charge in [0, 0.05) is 20.2 Å². The van der Waals surface area contributed by atoms with E-state index < -0.39 is 27.9 Å². The summed E-state index contributed by atoms with van der Waals surface area (Å²) in [6.45, 7) is 4.98. The molecule has 0 fully saturated rings. The Bertz CT molecular complexity index is 692. The molecule has 8 nitrogen and oxygen atoms in total. The minimum absolute atomic E-state index is 0.0000203. The van der Waals surface area contributed by atoms with Crippen molar-refractivity contribution in [2.45, 2.75) is 38.3 Å². The van der Waals surface area contributed by atoms with Crippen molar-refractivity contribution in [3.05, 3.63) is 17.4 Å². The third kappa shape index (κ3) is 4.11. The quantitative estimate of drug-likeness (QED) is 0.762. The smallest absolute Gasteiger partial charge is 0.326 e. The van der Waals surface area contributed by atoms with Gasteiger partial charge in [0.05, 0.1) is 5.56 Å². The van der Waals surface area contributed by atoms with Crippen molar-refractivity contribution in [3.8, 4) is 0 Å². The van der Waals surface area contributed by atoms with Gasteiger partial charge < -0.3 is 14.8 Å². The molecule has 2 atom stereocenters. The van der Waals surface area contributed by atoms with Gasteiger partial charge in [-0.2, -0.15) is 0 Å². The van der Waals surface area contributed by atoms with E-state index in [2.05, 4.69) is 5.32 Å². The monoisotopic (exact) mass is 346 g/mol. The molecule has 0 aromatic carbocycles. The van der Waals surface area contributed by atoms with Crippen molar-refractivity contribution in [3.63, 3.8) is 0 Å². The number of carboxylic acids is 1. The predicted molar refractivity (Wildman–Crippen MR) is 82.7 cm³/mol. The van der Waals surface area contributed by atoms with Gasteiger partial charge in [-0.05, 0) is 12.8 Å². The average Bonchev–Trinajstić information content (AvgIpc) is 2.85. The van der Waals surface area contributed by atoms with Crippen LogP contribution < -0.4 is 5.32 Å². The average molecular weight is 346 g/mol. The summed E-state index contributed by atoms with van der Waals surface area (Å²) in [4.78, 5) is 23.5. The van der Waals surface area contributed by atoms with Crippen LogP contribution in [0.4, 0.5) is 0 Å². The molecule has 0 aliphatic carbocycles. The first-order chi connectivity index (χ1) is 10.5. The van der Waals surface area contributed by atoms with E-state index in [1.54, 1.807) is 6.92 Å². The fourth-order valence-corrected chi connectivity index (χ4v) is 2.75. The van der Waals surface area contributed by atoms with E-state index in [1.165, 1.54) is 21.0 Å². The molecule has 0 aliphatic rings. The Kier molecular flexibility index (Phi) is 5.95. The first-order valence-electron chi connectivity index (χ1n) is 7.09. The van der Waals surface area contributed by atoms with E-state index in [1.807, 2.05) is 6.92 Å². The van der Waals surface area contributed by atoms with Crippen LogP contribution in [0.25, 0.3) is 0 Å². The zero-order valence-corrected chi connectivity index (χ0v) is 14.6. The molecule has 1 heterocycles. The summed E-state index contributed by atoms with van der Waals surface area (Å²) in [5.74, 6) is -1.99. The summed E-state index contributed by atoms with van der Waals surface area (Å²) in [5, 5.41) is 11.3. The Morgan fingerprint density at radius 3 is 2.39 bits per heavy atom. The lowest BCUT2D eigenvalue weighted by Crippen LogP contribution is -2.45. The molecule has 0 bridgehead atoms. The third-order valence-electron chi connectivity index (χ3n) is 3.64. The largest absolute Gasteiger partial charge is 0.480 e. The van der Waals surface area contributed by atoms with Crippen LogP contribution in [0.3, 0.4) is 0 Å². The van der Waals surface area contributed by atoms with Crippen molar-refractivity contribution in [2.24, 2.45) is 5.92 Å². The van der Waals surface area contributed by atoms with Crippen molar-refractivity contribution < 1.29 is 27.5 Å². The molecule has 1 rings (SSSR count). The molecular weight excluding hydrogens is 324 g/mol. The molecule has 0 radical (unpaired) electrons. The van der Waals surface area contributed by atoms with Crippen molar-refractivity contribution >= 4 is 21.9 Å². The predicted octanol–water partition coefficient (Wildman–Crippen LogP) is 1.07. The Hall–Kier alpha value is -1.87. The van der Waals surface area contributed by atoms with Crippen LogP contribution in [0.2, 0.25) is 0 Å². The van der Waals surface area contributed by atoms with Gasteiger partial charge in [0.25, 0.3) is 15.9 Å². The summed E-state index contributed by atoms with van der Waals surface area (Å²) in [5.41, 5.74) is -0.0000203. The summed E-state index contributed by atoms with van der Waals surface area (Å²) in [6.07, 6.45) is 0.571. The molecule has 1 aromatic heterocycles. The number of hydrogen-bond acceptors (Lipinski definition) is 5. The number of nitrogens with one attached hydrogen (secondary N) is 1. The van der Waals surface area contributed by atoms with Gasteiger partial charge in [-0.25, -0.2) is 17.5 Å². The van der Waals surface area contributed by atoms with Crippen LogP contribution in [0.15, 0.2) is 15.6 Å². The summed E-state index contributed by atoms with van der Waals surface area (Å²) in [6, 6.07) is 0.0471. The summed E-state index contributed by atoms with van der Waals surface area (Å²) >= 11 is 0. The van der Waals surface area contributed by atoms with Crippen molar-refractivity contribution in [2.75, 3.05) is 14.1 Å². The molecule has 1 aromatic rings. The van der Waals surface area contributed by atoms with Crippen LogP contribution >= 0.6 is 0 Å². The fraction of sp³-hybridized carbons (Fsp3) is 0.571. The Balaban J connectivity index is 3.11.